The van der Waals surface area contributed by atoms with E-state index < -0.39 is 23.8 Å². The van der Waals surface area contributed by atoms with Crippen molar-refractivity contribution in [1.29, 1.82) is 0 Å². The Morgan fingerprint density at radius 1 is 0.978 bits per heavy atom. The van der Waals surface area contributed by atoms with Crippen molar-refractivity contribution < 1.29 is 33.3 Å². The van der Waals surface area contributed by atoms with E-state index in [1.807, 2.05) is 26.0 Å². The van der Waals surface area contributed by atoms with Gasteiger partial charge in [-0.2, -0.15) is 0 Å². The van der Waals surface area contributed by atoms with Crippen molar-refractivity contribution in [2.45, 2.75) is 78.5 Å². The van der Waals surface area contributed by atoms with Crippen LogP contribution in [-0.2, 0) is 20.7 Å². The Kier molecular flexibility index (Phi) is 12.3. The van der Waals surface area contributed by atoms with Gasteiger partial charge in [-0.15, -0.1) is 0 Å². The first-order chi connectivity index (χ1) is 21.7. The van der Waals surface area contributed by atoms with Crippen LogP contribution in [0.5, 0.6) is 17.2 Å². The van der Waals surface area contributed by atoms with Gasteiger partial charge in [0, 0.05) is 25.6 Å². The summed E-state index contributed by atoms with van der Waals surface area (Å²) >= 11 is 0. The predicted molar refractivity (Wildman–Crippen MR) is 177 cm³/mol. The molecule has 0 saturated heterocycles. The third-order valence-corrected chi connectivity index (χ3v) is 7.81. The number of anilines is 1. The van der Waals surface area contributed by atoms with Gasteiger partial charge in [-0.25, -0.2) is 4.79 Å². The number of alkyl carbamates (subject to hydrolysis) is 1. The molecule has 3 rings (SSSR count). The van der Waals surface area contributed by atoms with E-state index >= 15 is 0 Å². The Labute approximate surface area is 270 Å². The number of methoxy groups -OCH3 is 3. The van der Waals surface area contributed by atoms with Gasteiger partial charge >= 0.3 is 6.09 Å². The second-order valence-electron chi connectivity index (χ2n) is 12.3. The van der Waals surface area contributed by atoms with Gasteiger partial charge in [0.15, 0.2) is 11.5 Å². The molecule has 12 heteroatoms. The highest BCUT2D eigenvalue weighted by atomic mass is 16.6. The maximum absolute atomic E-state index is 13.8. The van der Waals surface area contributed by atoms with Crippen LogP contribution in [0.4, 0.5) is 10.5 Å². The standard InChI is InChI=1S/C34H48N4O8/c1-10-19(2)29(32(41)35-15-16-36-33(42)46-34(4,5)6)38-25-14-12-22-23(18-26(25)40)24(37-20(3)39)13-11-21-17-27(43-7)30(44-8)31(45-9)28(21)22/h12,14,17-19,24,29H,10-11,13,15-16H2,1-9H3,(H,35,41)(H,36,42)(H,37,39)(H,38,40). The first-order valence-corrected chi connectivity index (χ1v) is 15.5. The van der Waals surface area contributed by atoms with Crippen molar-refractivity contribution in [2.75, 3.05) is 39.7 Å². The highest BCUT2D eigenvalue weighted by Gasteiger charge is 2.30. The molecule has 46 heavy (non-hydrogen) atoms. The van der Waals surface area contributed by atoms with E-state index in [9.17, 15) is 19.2 Å². The average molecular weight is 641 g/mol. The Hall–Kier alpha value is -4.48. The summed E-state index contributed by atoms with van der Waals surface area (Å²) < 4.78 is 22.3. The zero-order chi connectivity index (χ0) is 34.2. The van der Waals surface area contributed by atoms with Gasteiger partial charge in [0.25, 0.3) is 0 Å². The molecule has 0 spiro atoms. The number of carbonyl (C=O) groups excluding carboxylic acids is 3. The van der Waals surface area contributed by atoms with E-state index in [-0.39, 0.29) is 41.9 Å². The fraction of sp³-hybridized carbons (Fsp3) is 0.529. The number of fused-ring (bicyclic) bond motifs is 3. The first kappa shape index (κ1) is 36.0. The quantitative estimate of drug-likeness (QED) is 0.248. The molecule has 4 N–H and O–H groups in total. The van der Waals surface area contributed by atoms with Crippen molar-refractivity contribution >= 4 is 23.6 Å². The largest absolute Gasteiger partial charge is 0.493 e. The Balaban J connectivity index is 2.02. The molecule has 0 radical (unpaired) electrons. The maximum Gasteiger partial charge on any atom is 0.407 e. The van der Waals surface area contributed by atoms with Crippen molar-refractivity contribution in [2.24, 2.45) is 5.92 Å². The van der Waals surface area contributed by atoms with Crippen molar-refractivity contribution in [1.82, 2.24) is 16.0 Å². The molecule has 0 heterocycles. The van der Waals surface area contributed by atoms with E-state index in [4.69, 9.17) is 18.9 Å². The number of aryl methyl sites for hydroxylation is 1. The molecule has 1 aliphatic carbocycles. The van der Waals surface area contributed by atoms with E-state index in [2.05, 4.69) is 21.3 Å². The molecular formula is C34H48N4O8. The minimum Gasteiger partial charge on any atom is -0.493 e. The highest BCUT2D eigenvalue weighted by molar-refractivity contribution is 5.86. The van der Waals surface area contributed by atoms with Crippen LogP contribution in [-0.4, -0.2) is 64.0 Å². The van der Waals surface area contributed by atoms with E-state index in [1.54, 1.807) is 41.1 Å². The molecule has 3 amide bonds. The van der Waals surface area contributed by atoms with E-state index in [1.165, 1.54) is 20.1 Å². The molecule has 3 atom stereocenters. The Morgan fingerprint density at radius 2 is 1.65 bits per heavy atom. The Bertz CT molecular complexity index is 1490. The molecular weight excluding hydrogens is 592 g/mol. The van der Waals surface area contributed by atoms with Crippen molar-refractivity contribution in [3.8, 4) is 28.4 Å². The first-order valence-electron chi connectivity index (χ1n) is 15.5. The molecule has 252 valence electrons. The van der Waals surface area contributed by atoms with Crippen LogP contribution >= 0.6 is 0 Å². The van der Waals surface area contributed by atoms with E-state index in [0.717, 1.165) is 11.1 Å². The smallest absolute Gasteiger partial charge is 0.407 e. The number of hydrogen-bond donors (Lipinski definition) is 4. The summed E-state index contributed by atoms with van der Waals surface area (Å²) in [6.07, 6.45) is 1.20. The van der Waals surface area contributed by atoms with Gasteiger partial charge in [-0.3, -0.25) is 14.4 Å². The van der Waals surface area contributed by atoms with Crippen molar-refractivity contribution in [3.63, 3.8) is 0 Å². The number of ether oxygens (including phenoxy) is 4. The molecule has 0 aliphatic heterocycles. The second kappa shape index (κ2) is 15.7. The number of hydrogen-bond acceptors (Lipinski definition) is 9. The van der Waals surface area contributed by atoms with Crippen LogP contribution in [0.3, 0.4) is 0 Å². The minimum absolute atomic E-state index is 0.133. The lowest BCUT2D eigenvalue weighted by Gasteiger charge is -2.24. The average Bonchev–Trinajstić information content (AvgIpc) is 3.23. The summed E-state index contributed by atoms with van der Waals surface area (Å²) in [5, 5.41) is 11.7. The molecule has 2 aromatic rings. The molecule has 0 fully saturated rings. The number of benzene rings is 1. The summed E-state index contributed by atoms with van der Waals surface area (Å²) in [5.41, 5.74) is 2.21. The fourth-order valence-corrected chi connectivity index (χ4v) is 5.47. The summed E-state index contributed by atoms with van der Waals surface area (Å²) in [7, 11) is 4.62. The van der Waals surface area contributed by atoms with Crippen LogP contribution in [0.25, 0.3) is 11.1 Å². The molecule has 0 bridgehead atoms. The number of nitrogens with one attached hydrogen (secondary N) is 4. The number of rotatable bonds is 12. The second-order valence-corrected chi connectivity index (χ2v) is 12.3. The Morgan fingerprint density at radius 3 is 2.24 bits per heavy atom. The molecule has 0 saturated carbocycles. The lowest BCUT2D eigenvalue weighted by Crippen LogP contribution is -2.46. The van der Waals surface area contributed by atoms with Crippen LogP contribution in [0.2, 0.25) is 0 Å². The number of amides is 3. The zero-order valence-electron chi connectivity index (χ0n) is 28.3. The fourth-order valence-electron chi connectivity index (χ4n) is 5.47. The lowest BCUT2D eigenvalue weighted by atomic mass is 9.95. The summed E-state index contributed by atoms with van der Waals surface area (Å²) in [6.45, 7) is 11.0. The summed E-state index contributed by atoms with van der Waals surface area (Å²) in [6, 6.07) is 5.67. The van der Waals surface area contributed by atoms with Gasteiger partial charge in [0.1, 0.15) is 11.6 Å². The SMILES string of the molecule is CCC(C)C(Nc1ccc2c(cc1=O)C(NC(C)=O)CCc1cc(OC)c(OC)c(OC)c1-2)C(=O)NCCNC(=O)OC(C)(C)C. The lowest BCUT2D eigenvalue weighted by molar-refractivity contribution is -0.123. The maximum atomic E-state index is 13.8. The molecule has 2 aromatic carbocycles. The van der Waals surface area contributed by atoms with E-state index in [0.29, 0.717) is 47.6 Å². The molecule has 12 nitrogen and oxygen atoms in total. The topological polar surface area (TPSA) is 153 Å². The van der Waals surface area contributed by atoms with Crippen LogP contribution in [0, 0.1) is 5.92 Å². The minimum atomic E-state index is -0.737. The van der Waals surface area contributed by atoms with Gasteiger partial charge in [0.05, 0.1) is 33.1 Å². The van der Waals surface area contributed by atoms with Crippen LogP contribution in [0.15, 0.2) is 29.1 Å². The van der Waals surface area contributed by atoms with Gasteiger partial charge in [0.2, 0.25) is 23.0 Å². The molecule has 1 aliphatic rings. The third kappa shape index (κ3) is 8.82. The zero-order valence-corrected chi connectivity index (χ0v) is 28.3. The monoisotopic (exact) mass is 640 g/mol. The van der Waals surface area contributed by atoms with Crippen molar-refractivity contribution in [3.05, 3.63) is 45.6 Å². The van der Waals surface area contributed by atoms with Gasteiger partial charge in [-0.05, 0) is 74.4 Å². The van der Waals surface area contributed by atoms with Crippen LogP contribution in [0.1, 0.15) is 71.6 Å². The van der Waals surface area contributed by atoms with Gasteiger partial charge in [-0.1, -0.05) is 26.3 Å². The number of carbonyl (C=O) groups is 3. The van der Waals surface area contributed by atoms with Gasteiger partial charge < -0.3 is 40.2 Å². The summed E-state index contributed by atoms with van der Waals surface area (Å²) in [5.74, 6) is 0.699. The highest BCUT2D eigenvalue weighted by Crippen LogP contribution is 2.50. The molecule has 3 unspecified atom stereocenters. The summed E-state index contributed by atoms with van der Waals surface area (Å²) in [4.78, 5) is 51.4. The predicted octanol–water partition coefficient (Wildman–Crippen LogP) is 4.33. The third-order valence-electron chi connectivity index (χ3n) is 7.81. The normalized spacial score (nSPS) is 15.1. The van der Waals surface area contributed by atoms with Crippen LogP contribution < -0.4 is 40.9 Å². The molecule has 0 aromatic heterocycles.